The fraction of sp³-hybridized carbons (Fsp3) is 0.250. The molecule has 7 nitrogen and oxygen atoms in total. The van der Waals surface area contributed by atoms with E-state index in [9.17, 15) is 14.4 Å². The number of rotatable bonds is 8. The third-order valence-corrected chi connectivity index (χ3v) is 7.23. The number of fused-ring (bicyclic) bond motifs is 1. The van der Waals surface area contributed by atoms with Crippen LogP contribution in [0.25, 0.3) is 6.08 Å². The third-order valence-electron chi connectivity index (χ3n) is 7.23. The highest BCUT2D eigenvalue weighted by atomic mass is 16.5. The summed E-state index contributed by atoms with van der Waals surface area (Å²) in [6.07, 6.45) is 4.70. The van der Waals surface area contributed by atoms with Gasteiger partial charge < -0.3 is 14.4 Å². The zero-order valence-corrected chi connectivity index (χ0v) is 21.9. The minimum Gasteiger partial charge on any atom is -0.458 e. The molecule has 5 rings (SSSR count). The molecule has 0 aliphatic carbocycles. The van der Waals surface area contributed by atoms with Crippen LogP contribution in [0.1, 0.15) is 53.6 Å². The maximum atomic E-state index is 13.7. The van der Waals surface area contributed by atoms with Crippen molar-refractivity contribution < 1.29 is 23.9 Å². The normalized spacial score (nSPS) is 20.3. The molecular weight excluding hydrogens is 492 g/mol. The van der Waals surface area contributed by atoms with Gasteiger partial charge in [0.2, 0.25) is 0 Å². The lowest BCUT2D eigenvalue weighted by atomic mass is 9.83. The van der Waals surface area contributed by atoms with Crippen molar-refractivity contribution in [3.63, 3.8) is 0 Å². The zero-order valence-electron chi connectivity index (χ0n) is 21.9. The lowest BCUT2D eigenvalue weighted by Crippen LogP contribution is -2.58. The third kappa shape index (κ3) is 5.12. The maximum Gasteiger partial charge on any atom is 0.338 e. The molecular formula is C32H30N2O5. The second kappa shape index (κ2) is 10.7. The zero-order chi connectivity index (χ0) is 27.6. The Labute approximate surface area is 227 Å². The molecule has 1 unspecified atom stereocenters. The summed E-state index contributed by atoms with van der Waals surface area (Å²) < 4.78 is 11.2. The van der Waals surface area contributed by atoms with Crippen molar-refractivity contribution in [2.24, 2.45) is 5.41 Å². The lowest BCUT2D eigenvalue weighted by Gasteiger charge is -2.41. The van der Waals surface area contributed by atoms with E-state index in [1.165, 1.54) is 12.3 Å². The van der Waals surface area contributed by atoms with E-state index in [1.807, 2.05) is 74.5 Å². The summed E-state index contributed by atoms with van der Waals surface area (Å²) in [5, 5.41) is 0. The van der Waals surface area contributed by atoms with Crippen molar-refractivity contribution in [3.05, 3.63) is 120 Å². The SMILES string of the molecule is C=CCOC(=O)c1ccnc(/C=C2/C(=O)N3C2CC(C)(C)[C@@H]3C(=O)OC(c2ccccc2)c2ccccc2)c1. The molecule has 2 aliphatic rings. The Bertz CT molecular complexity index is 1390. The molecule has 0 N–H and O–H groups in total. The van der Waals surface area contributed by atoms with Crippen LogP contribution in [0.15, 0.2) is 97.2 Å². The van der Waals surface area contributed by atoms with Crippen LogP contribution in [0.4, 0.5) is 0 Å². The highest BCUT2D eigenvalue weighted by Crippen LogP contribution is 2.50. The van der Waals surface area contributed by atoms with Crippen molar-refractivity contribution in [1.82, 2.24) is 9.88 Å². The highest BCUT2D eigenvalue weighted by molar-refractivity contribution is 6.08. The predicted molar refractivity (Wildman–Crippen MR) is 146 cm³/mol. The first-order valence-electron chi connectivity index (χ1n) is 12.9. The van der Waals surface area contributed by atoms with Gasteiger partial charge in [0.25, 0.3) is 5.91 Å². The first-order valence-corrected chi connectivity index (χ1v) is 12.9. The summed E-state index contributed by atoms with van der Waals surface area (Å²) in [6.45, 7) is 7.62. The molecule has 2 aliphatic heterocycles. The van der Waals surface area contributed by atoms with Crippen LogP contribution in [0.2, 0.25) is 0 Å². The molecule has 39 heavy (non-hydrogen) atoms. The number of ether oxygens (including phenoxy) is 2. The molecule has 1 amide bonds. The summed E-state index contributed by atoms with van der Waals surface area (Å²) >= 11 is 0. The number of carbonyl (C=O) groups excluding carboxylic acids is 3. The van der Waals surface area contributed by atoms with Gasteiger partial charge in [-0.2, -0.15) is 0 Å². The van der Waals surface area contributed by atoms with Crippen molar-refractivity contribution in [1.29, 1.82) is 0 Å². The number of hydrogen-bond acceptors (Lipinski definition) is 6. The number of amides is 1. The highest BCUT2D eigenvalue weighted by Gasteiger charge is 2.61. The Hall–Kier alpha value is -4.52. The summed E-state index contributed by atoms with van der Waals surface area (Å²) in [6, 6.07) is 21.4. The summed E-state index contributed by atoms with van der Waals surface area (Å²) in [7, 11) is 0. The molecule has 2 saturated heterocycles. The lowest BCUT2D eigenvalue weighted by molar-refractivity contribution is -0.162. The topological polar surface area (TPSA) is 85.8 Å². The van der Waals surface area contributed by atoms with Gasteiger partial charge >= 0.3 is 11.9 Å². The van der Waals surface area contributed by atoms with Gasteiger partial charge in [-0.15, -0.1) is 0 Å². The van der Waals surface area contributed by atoms with Gasteiger partial charge in [-0.25, -0.2) is 9.59 Å². The number of carbonyl (C=O) groups is 3. The second-order valence-corrected chi connectivity index (χ2v) is 10.4. The van der Waals surface area contributed by atoms with E-state index < -0.39 is 29.5 Å². The number of benzene rings is 2. The van der Waals surface area contributed by atoms with Crippen molar-refractivity contribution in [3.8, 4) is 0 Å². The largest absolute Gasteiger partial charge is 0.458 e. The van der Waals surface area contributed by atoms with E-state index in [0.29, 0.717) is 23.3 Å². The van der Waals surface area contributed by atoms with Gasteiger partial charge in [0.05, 0.1) is 17.3 Å². The van der Waals surface area contributed by atoms with E-state index in [1.54, 1.807) is 23.1 Å². The average molecular weight is 523 g/mol. The van der Waals surface area contributed by atoms with Crippen molar-refractivity contribution >= 4 is 23.9 Å². The van der Waals surface area contributed by atoms with Gasteiger partial charge in [-0.3, -0.25) is 9.78 Å². The van der Waals surface area contributed by atoms with Crippen LogP contribution < -0.4 is 0 Å². The number of hydrogen-bond donors (Lipinski definition) is 0. The molecule has 2 aromatic carbocycles. The Morgan fingerprint density at radius 3 is 2.33 bits per heavy atom. The van der Waals surface area contributed by atoms with E-state index in [2.05, 4.69) is 11.6 Å². The maximum absolute atomic E-state index is 13.7. The summed E-state index contributed by atoms with van der Waals surface area (Å²) in [5.74, 6) is -1.16. The summed E-state index contributed by atoms with van der Waals surface area (Å²) in [5.41, 5.74) is 2.58. The van der Waals surface area contributed by atoms with E-state index >= 15 is 0 Å². The number of aromatic nitrogens is 1. The monoisotopic (exact) mass is 522 g/mol. The molecule has 3 heterocycles. The van der Waals surface area contributed by atoms with Crippen molar-refractivity contribution in [2.45, 2.75) is 38.5 Å². The van der Waals surface area contributed by atoms with Gasteiger partial charge in [0, 0.05) is 11.8 Å². The van der Waals surface area contributed by atoms with Gasteiger partial charge in [-0.1, -0.05) is 87.2 Å². The predicted octanol–water partition coefficient (Wildman–Crippen LogP) is 5.15. The molecule has 0 saturated carbocycles. The van der Waals surface area contributed by atoms with Crippen LogP contribution in [0.3, 0.4) is 0 Å². The van der Waals surface area contributed by atoms with Crippen molar-refractivity contribution in [2.75, 3.05) is 6.61 Å². The minimum atomic E-state index is -0.727. The van der Waals surface area contributed by atoms with E-state index in [4.69, 9.17) is 9.47 Å². The number of β-lactam (4-membered cyclic amide) rings is 1. The minimum absolute atomic E-state index is 0.106. The number of nitrogens with zero attached hydrogens (tertiary/aromatic N) is 2. The molecule has 0 bridgehead atoms. The fourth-order valence-electron chi connectivity index (χ4n) is 5.40. The first kappa shape index (κ1) is 26.1. The molecule has 1 aromatic heterocycles. The van der Waals surface area contributed by atoms with Crippen LogP contribution >= 0.6 is 0 Å². The quantitative estimate of drug-likeness (QED) is 0.176. The Kier molecular flexibility index (Phi) is 7.15. The Morgan fingerprint density at radius 1 is 1.08 bits per heavy atom. The number of esters is 2. The Morgan fingerprint density at radius 2 is 1.72 bits per heavy atom. The Balaban J connectivity index is 1.38. The van der Waals surface area contributed by atoms with Gasteiger partial charge in [0.1, 0.15) is 12.6 Å². The molecule has 2 fully saturated rings. The average Bonchev–Trinajstić information content (AvgIpc) is 3.21. The number of pyridine rings is 1. The smallest absolute Gasteiger partial charge is 0.338 e. The van der Waals surface area contributed by atoms with E-state index in [-0.39, 0.29) is 18.6 Å². The van der Waals surface area contributed by atoms with E-state index in [0.717, 1.165) is 11.1 Å². The molecule has 198 valence electrons. The molecule has 3 aromatic rings. The van der Waals surface area contributed by atoms with Crippen LogP contribution in [-0.2, 0) is 19.1 Å². The van der Waals surface area contributed by atoms with Gasteiger partial charge in [-0.05, 0) is 41.2 Å². The molecule has 0 spiro atoms. The van der Waals surface area contributed by atoms with Crippen LogP contribution in [-0.4, -0.2) is 46.4 Å². The molecule has 2 atom stereocenters. The van der Waals surface area contributed by atoms with Gasteiger partial charge in [0.15, 0.2) is 6.10 Å². The van der Waals surface area contributed by atoms with Crippen LogP contribution in [0.5, 0.6) is 0 Å². The molecule has 0 radical (unpaired) electrons. The van der Waals surface area contributed by atoms with Crippen LogP contribution in [0, 0.1) is 5.41 Å². The summed E-state index contributed by atoms with van der Waals surface area (Å²) in [4.78, 5) is 45.2. The molecule has 7 heteroatoms. The first-order chi connectivity index (χ1) is 18.8. The second-order valence-electron chi connectivity index (χ2n) is 10.4. The fourth-order valence-corrected chi connectivity index (χ4v) is 5.40. The standard InChI is InChI=1S/C32H30N2O5/c1-4-17-38-30(36)23-15-16-33-24(18-23)19-25-26-20-32(2,3)28(34(26)29(25)35)31(37)39-27(21-11-7-5-8-12-21)22-13-9-6-10-14-22/h4-16,18-19,26-28H,1,17,20H2,2-3H3/b25-19+/t26?,28-/m0/s1.